The molecule has 9 atom stereocenters. The summed E-state index contributed by atoms with van der Waals surface area (Å²) in [5.74, 6) is 0.810. The summed E-state index contributed by atoms with van der Waals surface area (Å²) in [6.07, 6.45) is 19.3. The van der Waals surface area contributed by atoms with Crippen LogP contribution in [0.15, 0.2) is 30.3 Å². The number of carbonyl (C=O) groups is 4. The molecule has 4 aliphatic carbocycles. The maximum atomic E-state index is 13.0. The predicted octanol–water partition coefficient (Wildman–Crippen LogP) is 11.0. The van der Waals surface area contributed by atoms with Gasteiger partial charge in [-0.15, -0.1) is 0 Å². The molecule has 1 unspecified atom stereocenters. The van der Waals surface area contributed by atoms with Gasteiger partial charge in [0.2, 0.25) is 0 Å². The number of phenolic OH excluding ortho intramolecular Hbond substituents is 2. The Morgan fingerprint density at radius 3 is 1.87 bits per heavy atom. The Morgan fingerprint density at radius 1 is 0.754 bits per heavy atom. The Morgan fingerprint density at radius 2 is 1.31 bits per heavy atom. The number of phenols is 2. The van der Waals surface area contributed by atoms with E-state index < -0.39 is 48.3 Å². The SMILES string of the molecule is CC(C)CCC[C@@H](C)[C@H]1CC[C@H]2[C@@H]3CCC4C[C@@H](CCC=C(c5cc(Cl)c(O)c(C(=O)NCC(=O)O)c5)c5cc(Cl)c(O)c(C(=O)NCC(=O)O)c5)CC[C@]4(C)[C@H]3CC[C@]12C. The van der Waals surface area contributed by atoms with Gasteiger partial charge in [0.25, 0.3) is 11.8 Å². The van der Waals surface area contributed by atoms with E-state index in [4.69, 9.17) is 33.4 Å². The number of rotatable bonds is 16. The van der Waals surface area contributed by atoms with Crippen LogP contribution >= 0.6 is 23.2 Å². The molecule has 4 saturated carbocycles. The molecule has 0 spiro atoms. The second kappa shape index (κ2) is 19.3. The molecule has 61 heavy (non-hydrogen) atoms. The summed E-state index contributed by atoms with van der Waals surface area (Å²) in [7, 11) is 0. The van der Waals surface area contributed by atoms with E-state index in [1.165, 1.54) is 94.9 Å². The van der Waals surface area contributed by atoms with Gasteiger partial charge in [-0.2, -0.15) is 0 Å². The Labute approximate surface area is 371 Å². The van der Waals surface area contributed by atoms with Gasteiger partial charge in [0.05, 0.1) is 21.2 Å². The average Bonchev–Trinajstić information content (AvgIpc) is 3.57. The van der Waals surface area contributed by atoms with E-state index in [9.17, 15) is 29.4 Å². The number of carboxylic acids is 2. The number of carbonyl (C=O) groups excluding carboxylic acids is 2. The monoisotopic (exact) mass is 880 g/mol. The summed E-state index contributed by atoms with van der Waals surface area (Å²) < 4.78 is 0. The molecule has 0 heterocycles. The van der Waals surface area contributed by atoms with Gasteiger partial charge in [0, 0.05) is 0 Å². The molecule has 2 amide bonds. The minimum absolute atomic E-state index is 0.150. The van der Waals surface area contributed by atoms with Gasteiger partial charge in [-0.05, 0) is 170 Å². The van der Waals surface area contributed by atoms with Crippen molar-refractivity contribution < 1.29 is 39.6 Å². The van der Waals surface area contributed by atoms with Gasteiger partial charge in [-0.1, -0.05) is 83.2 Å². The number of hydrogen-bond donors (Lipinski definition) is 6. The summed E-state index contributed by atoms with van der Waals surface area (Å²) in [4.78, 5) is 48.5. The standard InChI is InChI=1S/C49H66Cl2N2O8/c1-27(2)8-6-9-28(3)37-14-15-38-34-13-12-32-20-29(16-18-48(32,4)39(34)17-19-49(37,38)5)10-7-11-33(30-21-35(44(58)40(50)23-30)46(60)52-25-42(54)55)31-22-36(45(59)41(51)24-31)47(61)53-26-43(56)57/h11,21-24,27-29,32,34,37-39,58-59H,6-10,12-20,25-26H2,1-5H3,(H,52,60)(H,53,61)(H,54,55)(H,56,57)/t28-,29+,32?,34+,37-,38+,39+,48+,49-/m1/s1. The molecule has 12 heteroatoms. The second-order valence-electron chi connectivity index (χ2n) is 19.9. The van der Waals surface area contributed by atoms with Crippen molar-refractivity contribution in [3.05, 3.63) is 62.6 Å². The van der Waals surface area contributed by atoms with Gasteiger partial charge in [-0.25, -0.2) is 0 Å². The minimum Gasteiger partial charge on any atom is -0.506 e. The van der Waals surface area contributed by atoms with Crippen molar-refractivity contribution in [1.82, 2.24) is 10.6 Å². The summed E-state index contributed by atoms with van der Waals surface area (Å²) in [6, 6.07) is 5.74. The first kappa shape index (κ1) is 46.7. The number of benzene rings is 2. The first-order valence-electron chi connectivity index (χ1n) is 22.6. The highest BCUT2D eigenvalue weighted by molar-refractivity contribution is 6.33. The third-order valence-electron chi connectivity index (χ3n) is 15.9. The third kappa shape index (κ3) is 10.1. The van der Waals surface area contributed by atoms with Gasteiger partial charge < -0.3 is 31.1 Å². The number of nitrogens with one attached hydrogen (secondary N) is 2. The smallest absolute Gasteiger partial charge is 0.322 e. The number of halogens is 2. The molecule has 6 rings (SSSR count). The summed E-state index contributed by atoms with van der Waals surface area (Å²) >= 11 is 13.0. The summed E-state index contributed by atoms with van der Waals surface area (Å²) in [6.45, 7) is 11.2. The summed E-state index contributed by atoms with van der Waals surface area (Å²) in [5.41, 5.74) is 1.63. The van der Waals surface area contributed by atoms with Crippen LogP contribution in [-0.4, -0.2) is 57.3 Å². The Balaban J connectivity index is 1.21. The highest BCUT2D eigenvalue weighted by atomic mass is 35.5. The third-order valence-corrected chi connectivity index (χ3v) is 16.5. The number of aliphatic carboxylic acids is 2. The van der Waals surface area contributed by atoms with Crippen molar-refractivity contribution in [2.75, 3.05) is 13.1 Å². The zero-order valence-corrected chi connectivity index (χ0v) is 38.0. The van der Waals surface area contributed by atoms with Crippen LogP contribution in [0.5, 0.6) is 11.5 Å². The fourth-order valence-corrected chi connectivity index (χ4v) is 13.3. The molecule has 0 aromatic heterocycles. The van der Waals surface area contributed by atoms with Gasteiger partial charge in [0.1, 0.15) is 24.6 Å². The van der Waals surface area contributed by atoms with E-state index >= 15 is 0 Å². The largest absolute Gasteiger partial charge is 0.506 e. The molecular weight excluding hydrogens is 815 g/mol. The Bertz CT molecular complexity index is 1930. The van der Waals surface area contributed by atoms with Gasteiger partial charge >= 0.3 is 11.9 Å². The molecule has 0 saturated heterocycles. The van der Waals surface area contributed by atoms with Crippen molar-refractivity contribution in [1.29, 1.82) is 0 Å². The van der Waals surface area contributed by atoms with Crippen LogP contribution < -0.4 is 10.6 Å². The molecule has 6 N–H and O–H groups in total. The molecule has 0 bridgehead atoms. The molecule has 2 aromatic rings. The zero-order valence-electron chi connectivity index (χ0n) is 36.5. The number of amides is 2. The fourth-order valence-electron chi connectivity index (χ4n) is 12.9. The van der Waals surface area contributed by atoms with E-state index in [0.717, 1.165) is 48.3 Å². The highest BCUT2D eigenvalue weighted by Gasteiger charge is 2.60. The number of fused-ring (bicyclic) bond motifs is 5. The Kier molecular flexibility index (Phi) is 14.8. The van der Waals surface area contributed by atoms with Crippen molar-refractivity contribution >= 4 is 52.5 Å². The highest BCUT2D eigenvalue weighted by Crippen LogP contribution is 2.69. The van der Waals surface area contributed by atoms with Crippen molar-refractivity contribution in [2.24, 2.45) is 58.2 Å². The first-order valence-corrected chi connectivity index (χ1v) is 23.3. The second-order valence-corrected chi connectivity index (χ2v) is 20.7. The predicted molar refractivity (Wildman–Crippen MR) is 239 cm³/mol. The molecule has 0 aliphatic heterocycles. The van der Waals surface area contributed by atoms with Crippen molar-refractivity contribution in [3.8, 4) is 11.5 Å². The van der Waals surface area contributed by atoms with Crippen molar-refractivity contribution in [2.45, 2.75) is 125 Å². The first-order chi connectivity index (χ1) is 28.8. The Hall–Kier alpha value is -3.76. The van der Waals surface area contributed by atoms with Crippen LogP contribution in [-0.2, 0) is 9.59 Å². The molecular formula is C49H66Cl2N2O8. The fraction of sp³-hybridized carbons (Fsp3) is 0.633. The maximum absolute atomic E-state index is 13.0. The number of carboxylic acid groups (broad SMARTS) is 2. The lowest BCUT2D eigenvalue weighted by Gasteiger charge is -2.61. The average molecular weight is 882 g/mol. The van der Waals surface area contributed by atoms with Gasteiger partial charge in [0.15, 0.2) is 0 Å². The van der Waals surface area contributed by atoms with E-state index in [0.29, 0.717) is 45.8 Å². The van der Waals surface area contributed by atoms with Crippen LogP contribution in [0, 0.1) is 58.2 Å². The number of allylic oxidation sites excluding steroid dienone is 1. The molecule has 4 fully saturated rings. The lowest BCUT2D eigenvalue weighted by atomic mass is 9.44. The minimum atomic E-state index is -1.26. The normalized spacial score (nSPS) is 28.5. The molecule has 0 radical (unpaired) electrons. The zero-order chi connectivity index (χ0) is 44.4. The number of aromatic hydroxyl groups is 2. The molecule has 4 aliphatic rings. The van der Waals surface area contributed by atoms with Crippen LogP contribution in [0.25, 0.3) is 5.57 Å². The van der Waals surface area contributed by atoms with E-state index in [-0.39, 0.29) is 21.2 Å². The lowest BCUT2D eigenvalue weighted by molar-refractivity contribution is -0.136. The van der Waals surface area contributed by atoms with Crippen LogP contribution in [0.4, 0.5) is 0 Å². The van der Waals surface area contributed by atoms with Crippen molar-refractivity contribution in [3.63, 3.8) is 0 Å². The lowest BCUT2D eigenvalue weighted by Crippen LogP contribution is -2.53. The van der Waals surface area contributed by atoms with Crippen LogP contribution in [0.3, 0.4) is 0 Å². The number of hydrogen-bond acceptors (Lipinski definition) is 6. The van der Waals surface area contributed by atoms with Crippen LogP contribution in [0.2, 0.25) is 10.0 Å². The van der Waals surface area contributed by atoms with E-state index in [1.54, 1.807) is 0 Å². The molecule has 334 valence electrons. The van der Waals surface area contributed by atoms with Crippen LogP contribution in [0.1, 0.15) is 156 Å². The molecule has 2 aromatic carbocycles. The van der Waals surface area contributed by atoms with E-state index in [2.05, 4.69) is 45.3 Å². The molecule has 10 nitrogen and oxygen atoms in total. The quantitative estimate of drug-likeness (QED) is 0.0966. The van der Waals surface area contributed by atoms with Gasteiger partial charge in [-0.3, -0.25) is 19.2 Å². The van der Waals surface area contributed by atoms with E-state index in [1.807, 2.05) is 6.08 Å². The maximum Gasteiger partial charge on any atom is 0.322 e. The topological polar surface area (TPSA) is 173 Å². The summed E-state index contributed by atoms with van der Waals surface area (Å²) in [5, 5.41) is 44.0.